The molecular weight excluding hydrogens is 288 g/mol. The lowest BCUT2D eigenvalue weighted by Gasteiger charge is -2.12. The first-order chi connectivity index (χ1) is 8.73. The molecule has 0 aliphatic carbocycles. The van der Waals surface area contributed by atoms with Crippen LogP contribution < -0.4 is 9.44 Å². The average Bonchev–Trinajstić information content (AvgIpc) is 2.38. The van der Waals surface area contributed by atoms with Crippen molar-refractivity contribution in [3.63, 3.8) is 0 Å². The summed E-state index contributed by atoms with van der Waals surface area (Å²) in [4.78, 5) is -0.147. The van der Waals surface area contributed by atoms with Crippen molar-refractivity contribution in [2.45, 2.75) is 36.1 Å². The van der Waals surface area contributed by atoms with Gasteiger partial charge >= 0.3 is 0 Å². The van der Waals surface area contributed by atoms with Crippen molar-refractivity contribution >= 4 is 20.0 Å². The van der Waals surface area contributed by atoms with Gasteiger partial charge < -0.3 is 0 Å². The van der Waals surface area contributed by atoms with Gasteiger partial charge in [-0.2, -0.15) is 0 Å². The van der Waals surface area contributed by atoms with Gasteiger partial charge in [-0.15, -0.1) is 0 Å². The Morgan fingerprint density at radius 3 is 2.11 bits per heavy atom. The maximum Gasteiger partial charge on any atom is 0.240 e. The first-order valence-corrected chi connectivity index (χ1v) is 8.75. The Morgan fingerprint density at radius 2 is 1.63 bits per heavy atom. The molecule has 0 aliphatic rings. The van der Waals surface area contributed by atoms with Gasteiger partial charge in [0.05, 0.1) is 9.79 Å². The third-order valence-electron chi connectivity index (χ3n) is 2.66. The Hall–Kier alpha value is -0.960. The first-order valence-electron chi connectivity index (χ1n) is 5.79. The van der Waals surface area contributed by atoms with E-state index in [0.717, 1.165) is 6.07 Å². The Bertz CT molecular complexity index is 638. The zero-order valence-corrected chi connectivity index (χ0v) is 12.7. The summed E-state index contributed by atoms with van der Waals surface area (Å²) in [5, 5.41) is 0. The summed E-state index contributed by atoms with van der Waals surface area (Å²) >= 11 is 0. The minimum Gasteiger partial charge on any atom is -0.214 e. The molecule has 2 N–H and O–H groups in total. The van der Waals surface area contributed by atoms with E-state index in [9.17, 15) is 16.8 Å². The van der Waals surface area contributed by atoms with E-state index < -0.39 is 20.0 Å². The number of rotatable bonds is 6. The van der Waals surface area contributed by atoms with Crippen LogP contribution in [0.2, 0.25) is 0 Å². The van der Waals surface area contributed by atoms with Gasteiger partial charge in [-0.05, 0) is 38.6 Å². The molecule has 6 nitrogen and oxygen atoms in total. The summed E-state index contributed by atoms with van der Waals surface area (Å²) in [6, 6.07) is 5.02. The second kappa shape index (κ2) is 6.00. The molecule has 1 aromatic carbocycles. The summed E-state index contributed by atoms with van der Waals surface area (Å²) in [7, 11) is -6.09. The largest absolute Gasteiger partial charge is 0.240 e. The van der Waals surface area contributed by atoms with Gasteiger partial charge in [0.2, 0.25) is 20.0 Å². The lowest BCUT2D eigenvalue weighted by Crippen LogP contribution is -2.32. The second-order valence-corrected chi connectivity index (χ2v) is 7.71. The van der Waals surface area contributed by atoms with Crippen LogP contribution in [0.25, 0.3) is 0 Å². The molecule has 8 heteroatoms. The highest BCUT2D eigenvalue weighted by atomic mass is 32.2. The van der Waals surface area contributed by atoms with Gasteiger partial charge in [0.15, 0.2) is 0 Å². The fraction of sp³-hybridized carbons (Fsp3) is 0.455. The maximum absolute atomic E-state index is 12.0. The molecule has 0 unspecified atom stereocenters. The van der Waals surface area contributed by atoms with Gasteiger partial charge in [0.1, 0.15) is 0 Å². The van der Waals surface area contributed by atoms with E-state index in [1.165, 1.54) is 25.2 Å². The van der Waals surface area contributed by atoms with E-state index in [4.69, 9.17) is 0 Å². The van der Waals surface area contributed by atoms with Crippen molar-refractivity contribution < 1.29 is 16.8 Å². The summed E-state index contributed by atoms with van der Waals surface area (Å²) in [6.45, 7) is 3.60. The van der Waals surface area contributed by atoms with Crippen molar-refractivity contribution in [3.05, 3.63) is 24.3 Å². The highest BCUT2D eigenvalue weighted by molar-refractivity contribution is 7.90. The molecule has 1 aromatic rings. The summed E-state index contributed by atoms with van der Waals surface area (Å²) < 4.78 is 52.0. The molecule has 0 heterocycles. The minimum atomic E-state index is -3.70. The Kier molecular flexibility index (Phi) is 5.08. The Morgan fingerprint density at radius 1 is 1.11 bits per heavy atom. The zero-order valence-electron chi connectivity index (χ0n) is 11.0. The van der Waals surface area contributed by atoms with Crippen molar-refractivity contribution in [2.24, 2.45) is 0 Å². The van der Waals surface area contributed by atoms with E-state index in [0.29, 0.717) is 6.42 Å². The summed E-state index contributed by atoms with van der Waals surface area (Å²) in [6.07, 6.45) is 0.647. The van der Waals surface area contributed by atoms with Gasteiger partial charge in [-0.3, -0.25) is 0 Å². The van der Waals surface area contributed by atoms with Crippen LogP contribution in [-0.4, -0.2) is 29.9 Å². The van der Waals surface area contributed by atoms with Gasteiger partial charge in [-0.25, -0.2) is 26.3 Å². The van der Waals surface area contributed by atoms with Crippen LogP contribution in [0.1, 0.15) is 20.3 Å². The number of sulfonamides is 2. The van der Waals surface area contributed by atoms with Crippen LogP contribution in [0.5, 0.6) is 0 Å². The molecule has 0 saturated heterocycles. The quantitative estimate of drug-likeness (QED) is 0.808. The molecule has 108 valence electrons. The van der Waals surface area contributed by atoms with Crippen molar-refractivity contribution in [2.75, 3.05) is 7.05 Å². The van der Waals surface area contributed by atoms with Crippen LogP contribution in [0.15, 0.2) is 34.1 Å². The summed E-state index contributed by atoms with van der Waals surface area (Å²) in [5.41, 5.74) is 0. The normalized spacial score (nSPS) is 14.3. The topological polar surface area (TPSA) is 92.3 Å². The molecule has 0 aliphatic heterocycles. The molecule has 0 bridgehead atoms. The van der Waals surface area contributed by atoms with Crippen molar-refractivity contribution in [3.8, 4) is 0 Å². The van der Waals surface area contributed by atoms with E-state index in [1.807, 2.05) is 6.92 Å². The maximum atomic E-state index is 12.0. The monoisotopic (exact) mass is 306 g/mol. The predicted molar refractivity (Wildman–Crippen MR) is 72.8 cm³/mol. The number of hydrogen-bond acceptors (Lipinski definition) is 4. The third kappa shape index (κ3) is 4.00. The molecular formula is C11H18N2O4S2. The smallest absolute Gasteiger partial charge is 0.214 e. The predicted octanol–water partition coefficient (Wildman–Crippen LogP) is 0.671. The molecule has 0 amide bonds. The fourth-order valence-corrected chi connectivity index (χ4v) is 3.57. The van der Waals surface area contributed by atoms with Gasteiger partial charge in [0.25, 0.3) is 0 Å². The molecule has 1 rings (SSSR count). The number of nitrogens with one attached hydrogen (secondary N) is 2. The van der Waals surface area contributed by atoms with Crippen molar-refractivity contribution in [1.82, 2.24) is 9.44 Å². The van der Waals surface area contributed by atoms with Gasteiger partial charge in [0, 0.05) is 6.04 Å². The molecule has 0 fully saturated rings. The number of benzene rings is 1. The third-order valence-corrected chi connectivity index (χ3v) is 5.66. The van der Waals surface area contributed by atoms with Crippen molar-refractivity contribution in [1.29, 1.82) is 0 Å². The van der Waals surface area contributed by atoms with E-state index in [1.54, 1.807) is 6.92 Å². The lowest BCUT2D eigenvalue weighted by molar-refractivity contribution is 0.555. The van der Waals surface area contributed by atoms with Crippen LogP contribution in [0.3, 0.4) is 0 Å². The van der Waals surface area contributed by atoms with E-state index >= 15 is 0 Å². The molecule has 0 aromatic heterocycles. The second-order valence-electron chi connectivity index (χ2n) is 4.11. The number of hydrogen-bond donors (Lipinski definition) is 2. The fourth-order valence-electron chi connectivity index (χ4n) is 1.34. The minimum absolute atomic E-state index is 0.0656. The molecule has 0 spiro atoms. The Labute approximate surface area is 114 Å². The SMILES string of the molecule is CC[C@@H](C)NS(=O)(=O)c1cccc(S(=O)(=O)NC)c1. The highest BCUT2D eigenvalue weighted by Crippen LogP contribution is 2.15. The molecule has 0 radical (unpaired) electrons. The molecule has 19 heavy (non-hydrogen) atoms. The van der Waals surface area contributed by atoms with Crippen LogP contribution in [0.4, 0.5) is 0 Å². The molecule has 1 atom stereocenters. The van der Waals surface area contributed by atoms with Crippen LogP contribution in [0, 0.1) is 0 Å². The van der Waals surface area contributed by atoms with Crippen LogP contribution >= 0.6 is 0 Å². The summed E-state index contributed by atoms with van der Waals surface area (Å²) in [5.74, 6) is 0. The zero-order chi connectivity index (χ0) is 14.7. The first kappa shape index (κ1) is 16.1. The van der Waals surface area contributed by atoms with Gasteiger partial charge in [-0.1, -0.05) is 13.0 Å². The standard InChI is InChI=1S/C11H18N2O4S2/c1-4-9(2)13-19(16,17)11-7-5-6-10(8-11)18(14,15)12-3/h5-9,12-13H,4H2,1-3H3/t9-/m1/s1. The van der Waals surface area contributed by atoms with E-state index in [-0.39, 0.29) is 15.8 Å². The lowest BCUT2D eigenvalue weighted by atomic mass is 10.3. The Balaban J connectivity index is 3.20. The average molecular weight is 306 g/mol. The molecule has 0 saturated carbocycles. The van der Waals surface area contributed by atoms with E-state index in [2.05, 4.69) is 9.44 Å². The van der Waals surface area contributed by atoms with Crippen LogP contribution in [-0.2, 0) is 20.0 Å². The highest BCUT2D eigenvalue weighted by Gasteiger charge is 2.19.